The first-order valence-electron chi connectivity index (χ1n) is 16.4. The Morgan fingerprint density at radius 2 is 0.804 bits per heavy atom. The monoisotopic (exact) mass is 664 g/mol. The maximum atomic E-state index is 6.48. The molecule has 7 heterocycles. The SMILES string of the molecule is c1coc(N(c2ccc3c(c2)oc2ccccc23)c2cnc3c(c2)oc2cc(N(c4ccc5c(c4)oc4ccccc45)c4ccco4)cnc23)c1. The molecule has 7 aromatic heterocycles. The lowest BCUT2D eigenvalue weighted by atomic mass is 10.1. The molecule has 0 aliphatic carbocycles. The zero-order valence-electron chi connectivity index (χ0n) is 26.7. The Hall–Kier alpha value is -7.26. The molecule has 0 atom stereocenters. The van der Waals surface area contributed by atoms with Crippen LogP contribution in [0.3, 0.4) is 0 Å². The molecule has 0 aliphatic heterocycles. The van der Waals surface area contributed by atoms with Crippen LogP contribution < -0.4 is 9.80 Å². The third kappa shape index (κ3) is 4.28. The Balaban J connectivity index is 1.02. The molecule has 0 saturated carbocycles. The second-order valence-corrected chi connectivity index (χ2v) is 12.3. The van der Waals surface area contributed by atoms with Gasteiger partial charge in [0.1, 0.15) is 33.4 Å². The average molecular weight is 665 g/mol. The van der Waals surface area contributed by atoms with Crippen molar-refractivity contribution in [2.75, 3.05) is 9.80 Å². The van der Waals surface area contributed by atoms with Crippen molar-refractivity contribution in [3.63, 3.8) is 0 Å². The van der Waals surface area contributed by atoms with E-state index in [0.717, 1.165) is 66.6 Å². The lowest BCUT2D eigenvalue weighted by Crippen LogP contribution is -2.09. The van der Waals surface area contributed by atoms with Crippen LogP contribution in [0.2, 0.25) is 0 Å². The lowest BCUT2D eigenvalue weighted by molar-refractivity contribution is 0.573. The number of pyridine rings is 2. The molecule has 0 radical (unpaired) electrons. The van der Waals surface area contributed by atoms with E-state index in [1.165, 1.54) is 0 Å². The van der Waals surface area contributed by atoms with Crippen molar-refractivity contribution >= 4 is 101 Å². The minimum absolute atomic E-state index is 0.585. The highest BCUT2D eigenvalue weighted by Gasteiger charge is 2.22. The van der Waals surface area contributed by atoms with Gasteiger partial charge in [-0.05, 0) is 48.5 Å². The van der Waals surface area contributed by atoms with Crippen LogP contribution in [0.4, 0.5) is 34.5 Å². The van der Waals surface area contributed by atoms with Crippen molar-refractivity contribution in [2.24, 2.45) is 0 Å². The third-order valence-corrected chi connectivity index (χ3v) is 9.33. The van der Waals surface area contributed by atoms with E-state index in [-0.39, 0.29) is 0 Å². The molecule has 51 heavy (non-hydrogen) atoms. The van der Waals surface area contributed by atoms with E-state index in [2.05, 4.69) is 36.4 Å². The summed E-state index contributed by atoms with van der Waals surface area (Å²) >= 11 is 0. The second-order valence-electron chi connectivity index (χ2n) is 12.3. The quantitative estimate of drug-likeness (QED) is 0.172. The van der Waals surface area contributed by atoms with Gasteiger partial charge in [-0.3, -0.25) is 9.80 Å². The molecule has 0 fully saturated rings. The fourth-order valence-electron chi connectivity index (χ4n) is 7.05. The van der Waals surface area contributed by atoms with Gasteiger partial charge in [-0.2, -0.15) is 0 Å². The van der Waals surface area contributed by atoms with Crippen LogP contribution in [0.25, 0.3) is 66.1 Å². The predicted molar refractivity (Wildman–Crippen MR) is 198 cm³/mol. The zero-order valence-corrected chi connectivity index (χ0v) is 26.7. The van der Waals surface area contributed by atoms with Crippen LogP contribution in [0.5, 0.6) is 0 Å². The minimum atomic E-state index is 0.585. The minimum Gasteiger partial charge on any atom is -0.456 e. The first-order valence-corrected chi connectivity index (χ1v) is 16.4. The van der Waals surface area contributed by atoms with Crippen LogP contribution in [-0.4, -0.2) is 9.97 Å². The zero-order chi connectivity index (χ0) is 33.5. The average Bonchev–Trinajstić information content (AvgIpc) is 4.01. The highest BCUT2D eigenvalue weighted by atomic mass is 16.4. The Labute approximate surface area is 288 Å². The second kappa shape index (κ2) is 10.6. The Morgan fingerprint density at radius 3 is 1.27 bits per heavy atom. The van der Waals surface area contributed by atoms with Crippen molar-refractivity contribution in [2.45, 2.75) is 0 Å². The molecule has 0 amide bonds. The molecule has 0 N–H and O–H groups in total. The number of hydrogen-bond donors (Lipinski definition) is 0. The van der Waals surface area contributed by atoms with Gasteiger partial charge in [0, 0.05) is 57.9 Å². The first-order chi connectivity index (χ1) is 25.2. The summed E-state index contributed by atoms with van der Waals surface area (Å²) in [6, 6.07) is 39.8. The molecular formula is C42H24N4O5. The van der Waals surface area contributed by atoms with Crippen molar-refractivity contribution < 1.29 is 22.1 Å². The highest BCUT2D eigenvalue weighted by molar-refractivity contribution is 6.07. The largest absolute Gasteiger partial charge is 0.456 e. The molecule has 0 aliphatic rings. The molecule has 0 unspecified atom stereocenters. The van der Waals surface area contributed by atoms with Gasteiger partial charge in [0.15, 0.2) is 11.2 Å². The van der Waals surface area contributed by atoms with Crippen LogP contribution in [-0.2, 0) is 0 Å². The van der Waals surface area contributed by atoms with E-state index in [0.29, 0.717) is 34.0 Å². The van der Waals surface area contributed by atoms with Crippen LogP contribution in [0.15, 0.2) is 168 Å². The summed E-state index contributed by atoms with van der Waals surface area (Å²) in [6.45, 7) is 0. The van der Waals surface area contributed by atoms with Gasteiger partial charge < -0.3 is 22.1 Å². The van der Waals surface area contributed by atoms with Gasteiger partial charge in [0.25, 0.3) is 0 Å². The summed E-state index contributed by atoms with van der Waals surface area (Å²) in [7, 11) is 0. The maximum absolute atomic E-state index is 6.48. The van der Waals surface area contributed by atoms with Gasteiger partial charge in [0.2, 0.25) is 11.8 Å². The summed E-state index contributed by atoms with van der Waals surface area (Å²) in [6.07, 6.45) is 6.90. The van der Waals surface area contributed by atoms with Crippen LogP contribution in [0.1, 0.15) is 0 Å². The first kappa shape index (κ1) is 27.7. The predicted octanol–water partition coefficient (Wildman–Crippen LogP) is 12.3. The van der Waals surface area contributed by atoms with Gasteiger partial charge >= 0.3 is 0 Å². The fraction of sp³-hybridized carbons (Fsp3) is 0. The number of fused-ring (bicyclic) bond motifs is 9. The molecule has 0 spiro atoms. The van der Waals surface area contributed by atoms with Gasteiger partial charge in [0.05, 0.1) is 47.7 Å². The normalized spacial score (nSPS) is 11.9. The smallest absolute Gasteiger partial charge is 0.204 e. The lowest BCUT2D eigenvalue weighted by Gasteiger charge is -2.21. The molecule has 242 valence electrons. The summed E-state index contributed by atoms with van der Waals surface area (Å²) < 4.78 is 30.7. The molecule has 0 saturated heterocycles. The number of para-hydroxylation sites is 2. The van der Waals surface area contributed by atoms with Crippen LogP contribution in [0, 0.1) is 0 Å². The summed E-state index contributed by atoms with van der Waals surface area (Å²) in [5.41, 5.74) is 8.92. The van der Waals surface area contributed by atoms with E-state index in [9.17, 15) is 0 Å². The van der Waals surface area contributed by atoms with E-state index >= 15 is 0 Å². The molecular weight excluding hydrogens is 640 g/mol. The highest BCUT2D eigenvalue weighted by Crippen LogP contribution is 2.42. The van der Waals surface area contributed by atoms with E-state index < -0.39 is 0 Å². The number of furan rings is 5. The Bertz CT molecular complexity index is 2860. The molecule has 9 heteroatoms. The van der Waals surface area contributed by atoms with E-state index in [4.69, 9.17) is 32.1 Å². The molecule has 11 aromatic rings. The number of anilines is 6. The summed E-state index contributed by atoms with van der Waals surface area (Å²) in [5.74, 6) is 1.25. The van der Waals surface area contributed by atoms with Crippen molar-refractivity contribution in [1.82, 2.24) is 9.97 Å². The van der Waals surface area contributed by atoms with Crippen molar-refractivity contribution in [1.29, 1.82) is 0 Å². The third-order valence-electron chi connectivity index (χ3n) is 9.33. The van der Waals surface area contributed by atoms with Crippen molar-refractivity contribution in [3.05, 3.63) is 146 Å². The van der Waals surface area contributed by atoms with E-state index in [1.54, 1.807) is 24.9 Å². The molecule has 9 nitrogen and oxygen atoms in total. The van der Waals surface area contributed by atoms with Gasteiger partial charge in [-0.1, -0.05) is 36.4 Å². The number of aromatic nitrogens is 2. The molecule has 4 aromatic carbocycles. The summed E-state index contributed by atoms with van der Waals surface area (Å²) in [5, 5.41) is 4.23. The summed E-state index contributed by atoms with van der Waals surface area (Å²) in [4.78, 5) is 13.7. The Morgan fingerprint density at radius 1 is 0.373 bits per heavy atom. The van der Waals surface area contributed by atoms with Crippen molar-refractivity contribution in [3.8, 4) is 0 Å². The topological polar surface area (TPSA) is 98.0 Å². The van der Waals surface area contributed by atoms with E-state index in [1.807, 2.05) is 94.7 Å². The van der Waals surface area contributed by atoms with Crippen LogP contribution >= 0.6 is 0 Å². The Kier molecular flexibility index (Phi) is 5.76. The maximum Gasteiger partial charge on any atom is 0.204 e. The molecule has 0 bridgehead atoms. The number of hydrogen-bond acceptors (Lipinski definition) is 9. The van der Waals surface area contributed by atoms with Gasteiger partial charge in [-0.15, -0.1) is 0 Å². The number of rotatable bonds is 6. The number of benzene rings is 4. The standard InChI is InChI=1S/C42H24N4O5/c1-3-9-33-29(7-1)31-15-13-25(19-35(31)49-33)45(39-11-5-17-47-39)27-21-37-41(43-23-27)42-38(51-37)22-28(24-44-42)46(40-12-6-18-48-40)26-14-16-32-30-8-2-4-10-34(30)50-36(32)20-26/h1-24H. The van der Waals surface area contributed by atoms with Gasteiger partial charge in [-0.25, -0.2) is 9.97 Å². The molecule has 11 rings (SSSR count). The number of nitrogens with zero attached hydrogens (tertiary/aromatic N) is 4. The fourth-order valence-corrected chi connectivity index (χ4v) is 7.05.